The Hall–Kier alpha value is -6.43. The van der Waals surface area contributed by atoms with Gasteiger partial charge in [0.1, 0.15) is 34.5 Å². The number of aryl methyl sites for hydroxylation is 1. The van der Waals surface area contributed by atoms with E-state index in [1.807, 2.05) is 13.0 Å². The number of imide groups is 2. The second kappa shape index (κ2) is 11.7. The van der Waals surface area contributed by atoms with Crippen LogP contribution in [0, 0.1) is 6.92 Å². The second-order valence-corrected chi connectivity index (χ2v) is 11.3. The van der Waals surface area contributed by atoms with Crippen LogP contribution >= 0.6 is 0 Å². The molecule has 7 rings (SSSR count). The number of anilines is 1. The van der Waals surface area contributed by atoms with Crippen LogP contribution in [0.2, 0.25) is 0 Å². The highest BCUT2D eigenvalue weighted by molar-refractivity contribution is 6.34. The van der Waals surface area contributed by atoms with Gasteiger partial charge in [-0.05, 0) is 85.3 Å². The van der Waals surface area contributed by atoms with Crippen molar-refractivity contribution >= 4 is 29.3 Å². The highest BCUT2D eigenvalue weighted by atomic mass is 19.4. The van der Waals surface area contributed by atoms with Gasteiger partial charge in [0.05, 0.1) is 33.5 Å². The molecule has 5 aromatic rings. The zero-order valence-corrected chi connectivity index (χ0v) is 25.7. The molecule has 9 nitrogen and oxygen atoms in total. The van der Waals surface area contributed by atoms with E-state index in [0.717, 1.165) is 27.5 Å². The fraction of sp³-hybridized carbons (Fsp3) is 0.0811. The van der Waals surface area contributed by atoms with Crippen LogP contribution in [0.15, 0.2) is 103 Å². The Morgan fingerprint density at radius 1 is 0.510 bits per heavy atom. The van der Waals surface area contributed by atoms with Crippen molar-refractivity contribution in [2.75, 3.05) is 11.9 Å². The summed E-state index contributed by atoms with van der Waals surface area (Å²) in [6.07, 6.45) is -4.69. The van der Waals surface area contributed by atoms with Crippen molar-refractivity contribution in [3.8, 4) is 34.5 Å². The molecule has 0 radical (unpaired) electrons. The maximum absolute atomic E-state index is 13.8. The molecule has 244 valence electrons. The van der Waals surface area contributed by atoms with Gasteiger partial charge in [-0.1, -0.05) is 18.2 Å². The molecule has 0 atom stereocenters. The van der Waals surface area contributed by atoms with Gasteiger partial charge in [-0.15, -0.1) is 0 Å². The van der Waals surface area contributed by atoms with Crippen LogP contribution in [0.25, 0.3) is 0 Å². The van der Waals surface area contributed by atoms with Crippen LogP contribution in [0.4, 0.5) is 18.9 Å². The molecule has 0 bridgehead atoms. The number of nitrogens with zero attached hydrogens (tertiary/aromatic N) is 2. The van der Waals surface area contributed by atoms with Gasteiger partial charge in [-0.2, -0.15) is 13.2 Å². The minimum atomic E-state index is -4.69. The van der Waals surface area contributed by atoms with Crippen molar-refractivity contribution in [3.63, 3.8) is 0 Å². The normalized spacial score (nSPS) is 13.9. The molecule has 2 aliphatic rings. The first-order chi connectivity index (χ1) is 23.4. The van der Waals surface area contributed by atoms with Gasteiger partial charge >= 0.3 is 6.18 Å². The molecule has 12 heteroatoms. The molecule has 2 aliphatic heterocycles. The number of carbonyl (C=O) groups is 4. The fourth-order valence-corrected chi connectivity index (χ4v) is 5.55. The van der Waals surface area contributed by atoms with E-state index >= 15 is 0 Å². The number of ether oxygens (including phenoxy) is 3. The predicted octanol–water partition coefficient (Wildman–Crippen LogP) is 8.42. The zero-order chi connectivity index (χ0) is 34.6. The molecular weight excluding hydrogens is 641 g/mol. The van der Waals surface area contributed by atoms with E-state index < -0.39 is 35.4 Å². The first-order valence-corrected chi connectivity index (χ1v) is 14.8. The molecular formula is C37H23F3N2O7. The molecule has 49 heavy (non-hydrogen) atoms. The topological polar surface area (TPSA) is 102 Å². The van der Waals surface area contributed by atoms with E-state index in [1.54, 1.807) is 18.2 Å². The Bertz CT molecular complexity index is 2230. The van der Waals surface area contributed by atoms with Gasteiger partial charge in [-0.25, -0.2) is 4.90 Å². The lowest BCUT2D eigenvalue weighted by molar-refractivity contribution is -0.137. The highest BCUT2D eigenvalue weighted by Gasteiger charge is 2.38. The number of hydrogen-bond acceptors (Lipinski definition) is 7. The molecule has 0 N–H and O–H groups in total. The third kappa shape index (κ3) is 5.84. The average Bonchev–Trinajstić information content (AvgIpc) is 3.43. The van der Waals surface area contributed by atoms with E-state index in [-0.39, 0.29) is 56.7 Å². The lowest BCUT2D eigenvalue weighted by Crippen LogP contribution is -2.29. The van der Waals surface area contributed by atoms with Crippen molar-refractivity contribution in [1.82, 2.24) is 4.90 Å². The molecule has 0 fully saturated rings. The Morgan fingerprint density at radius 2 is 1.00 bits per heavy atom. The van der Waals surface area contributed by atoms with Crippen molar-refractivity contribution in [3.05, 3.63) is 137 Å². The molecule has 0 unspecified atom stereocenters. The molecule has 0 spiro atoms. The minimum Gasteiger partial charge on any atom is -0.457 e. The summed E-state index contributed by atoms with van der Waals surface area (Å²) in [5.41, 5.74) is 0.590. The number of alkyl halides is 3. The number of rotatable bonds is 7. The monoisotopic (exact) mass is 664 g/mol. The summed E-state index contributed by atoms with van der Waals surface area (Å²) in [7, 11) is 1.38. The summed E-state index contributed by atoms with van der Waals surface area (Å²) < 4.78 is 58.8. The summed E-state index contributed by atoms with van der Waals surface area (Å²) in [4.78, 5) is 53.4. The first kappa shape index (κ1) is 31.2. The summed E-state index contributed by atoms with van der Waals surface area (Å²) in [5.74, 6) is -1.59. The molecule has 0 saturated heterocycles. The number of hydrogen-bond donors (Lipinski definition) is 0. The predicted molar refractivity (Wildman–Crippen MR) is 170 cm³/mol. The van der Waals surface area contributed by atoms with Crippen LogP contribution in [0.3, 0.4) is 0 Å². The quantitative estimate of drug-likeness (QED) is 0.161. The number of halogens is 3. The standard InChI is InChI=1S/C37H23F3N2O7/c1-20-5-3-7-23(13-20)48-27-14-21(37(38,39)40)15-28(17-27)49-24-8-4-6-22(16-24)42-35(45)30-12-10-26(19-32(30)36(42)46)47-25-9-11-29-31(18-25)34(44)41(2)33(29)43/h3-19H,1-2H3. The Morgan fingerprint density at radius 3 is 1.61 bits per heavy atom. The van der Waals surface area contributed by atoms with Gasteiger partial charge in [0.15, 0.2) is 0 Å². The third-order valence-corrected chi connectivity index (χ3v) is 7.90. The van der Waals surface area contributed by atoms with Crippen molar-refractivity contribution in [1.29, 1.82) is 0 Å². The van der Waals surface area contributed by atoms with Crippen LogP contribution in [0.5, 0.6) is 34.5 Å². The van der Waals surface area contributed by atoms with Crippen molar-refractivity contribution in [2.24, 2.45) is 0 Å². The summed E-state index contributed by atoms with van der Waals surface area (Å²) in [6, 6.07) is 24.4. The van der Waals surface area contributed by atoms with Gasteiger partial charge in [0.2, 0.25) is 0 Å². The molecule has 5 aromatic carbocycles. The zero-order valence-electron chi connectivity index (χ0n) is 25.7. The molecule has 0 saturated carbocycles. The van der Waals surface area contributed by atoms with Crippen LogP contribution in [-0.2, 0) is 6.18 Å². The first-order valence-electron chi connectivity index (χ1n) is 14.8. The van der Waals surface area contributed by atoms with Crippen LogP contribution < -0.4 is 19.1 Å². The smallest absolute Gasteiger partial charge is 0.416 e. The fourth-order valence-electron chi connectivity index (χ4n) is 5.55. The van der Waals surface area contributed by atoms with E-state index in [4.69, 9.17) is 14.2 Å². The average molecular weight is 665 g/mol. The minimum absolute atomic E-state index is 0.0526. The lowest BCUT2D eigenvalue weighted by Gasteiger charge is -2.16. The Kier molecular flexibility index (Phi) is 7.43. The number of fused-ring (bicyclic) bond motifs is 2. The third-order valence-electron chi connectivity index (χ3n) is 7.90. The molecule has 0 aromatic heterocycles. The summed E-state index contributed by atoms with van der Waals surface area (Å²) in [5, 5.41) is 0. The lowest BCUT2D eigenvalue weighted by atomic mass is 10.1. The summed E-state index contributed by atoms with van der Waals surface area (Å²) in [6.45, 7) is 1.82. The number of carbonyl (C=O) groups excluding carboxylic acids is 4. The van der Waals surface area contributed by atoms with Gasteiger partial charge < -0.3 is 14.2 Å². The van der Waals surface area contributed by atoms with E-state index in [0.29, 0.717) is 5.75 Å². The highest BCUT2D eigenvalue weighted by Crippen LogP contribution is 2.39. The summed E-state index contributed by atoms with van der Waals surface area (Å²) >= 11 is 0. The van der Waals surface area contributed by atoms with Crippen molar-refractivity contribution in [2.45, 2.75) is 13.1 Å². The largest absolute Gasteiger partial charge is 0.457 e. The van der Waals surface area contributed by atoms with E-state index in [9.17, 15) is 32.3 Å². The maximum Gasteiger partial charge on any atom is 0.416 e. The SMILES string of the molecule is Cc1cccc(Oc2cc(Oc3cccc(N4C(=O)c5ccc(Oc6ccc7c(c6)C(=O)N(C)C7=O)cc5C4=O)c3)cc(C(F)(F)F)c2)c1. The van der Waals surface area contributed by atoms with Crippen molar-refractivity contribution < 1.29 is 46.6 Å². The second-order valence-electron chi connectivity index (χ2n) is 11.3. The van der Waals surface area contributed by atoms with Crippen LogP contribution in [-0.4, -0.2) is 35.6 Å². The van der Waals surface area contributed by atoms with E-state index in [2.05, 4.69) is 0 Å². The van der Waals surface area contributed by atoms with Gasteiger partial charge in [-0.3, -0.25) is 24.1 Å². The van der Waals surface area contributed by atoms with E-state index in [1.165, 1.54) is 73.8 Å². The number of amides is 4. The molecule has 0 aliphatic carbocycles. The Labute approximate surface area is 276 Å². The van der Waals surface area contributed by atoms with Gasteiger partial charge in [0.25, 0.3) is 23.6 Å². The van der Waals surface area contributed by atoms with Crippen LogP contribution in [0.1, 0.15) is 52.6 Å². The van der Waals surface area contributed by atoms with Gasteiger partial charge in [0, 0.05) is 19.2 Å². The maximum atomic E-state index is 13.8. The molecule has 4 amide bonds. The molecule has 2 heterocycles. The number of benzene rings is 5. The Balaban J connectivity index is 1.13.